The Balaban J connectivity index is 1.55. The maximum absolute atomic E-state index is 12.5. The van der Waals surface area contributed by atoms with Gasteiger partial charge in [-0.1, -0.05) is 23.4 Å². The molecule has 1 aromatic carbocycles. The molecule has 0 bridgehead atoms. The van der Waals surface area contributed by atoms with Gasteiger partial charge in [0.15, 0.2) is 0 Å². The summed E-state index contributed by atoms with van der Waals surface area (Å²) in [5.74, 6) is 0.685. The Morgan fingerprint density at radius 1 is 1.23 bits per heavy atom. The van der Waals surface area contributed by atoms with Gasteiger partial charge in [0.2, 0.25) is 15.9 Å². The molecule has 3 rings (SSSR count). The van der Waals surface area contributed by atoms with Crippen molar-refractivity contribution in [3.05, 3.63) is 47.3 Å². The van der Waals surface area contributed by atoms with Crippen molar-refractivity contribution < 1.29 is 17.7 Å². The fourth-order valence-corrected chi connectivity index (χ4v) is 4.48. The van der Waals surface area contributed by atoms with Gasteiger partial charge < -0.3 is 9.42 Å². The second-order valence-electron chi connectivity index (χ2n) is 6.57. The van der Waals surface area contributed by atoms with Crippen molar-refractivity contribution >= 4 is 15.9 Å². The number of hydrogen-bond donors (Lipinski definition) is 1. The van der Waals surface area contributed by atoms with E-state index in [1.165, 1.54) is 0 Å². The lowest BCUT2D eigenvalue weighted by atomic mass is 10.0. The number of hydrogen-bond acceptors (Lipinski definition) is 5. The van der Waals surface area contributed by atoms with Crippen molar-refractivity contribution in [1.29, 1.82) is 0 Å². The Hall–Kier alpha value is -2.19. The summed E-state index contributed by atoms with van der Waals surface area (Å²) < 4.78 is 32.6. The number of aromatic nitrogens is 1. The molecule has 1 aliphatic rings. The lowest BCUT2D eigenvalue weighted by molar-refractivity contribution is -0.131. The monoisotopic (exact) mass is 377 g/mol. The molecule has 0 unspecified atom stereocenters. The molecular weight excluding hydrogens is 354 g/mol. The van der Waals surface area contributed by atoms with Gasteiger partial charge in [-0.3, -0.25) is 4.79 Å². The average Bonchev–Trinajstić information content (AvgIpc) is 2.95. The predicted molar refractivity (Wildman–Crippen MR) is 96.0 cm³/mol. The van der Waals surface area contributed by atoms with Crippen LogP contribution < -0.4 is 4.72 Å². The van der Waals surface area contributed by atoms with Crippen LogP contribution in [-0.4, -0.2) is 43.5 Å². The van der Waals surface area contributed by atoms with Gasteiger partial charge in [0.1, 0.15) is 5.76 Å². The first-order valence-corrected chi connectivity index (χ1v) is 10.1. The molecular formula is C18H23N3O4S. The number of amides is 1. The van der Waals surface area contributed by atoms with E-state index in [0.717, 1.165) is 11.3 Å². The largest absolute Gasteiger partial charge is 0.361 e. The van der Waals surface area contributed by atoms with Crippen molar-refractivity contribution in [3.63, 3.8) is 0 Å². The predicted octanol–water partition coefficient (Wildman–Crippen LogP) is 1.80. The fraction of sp³-hybridized carbons (Fsp3) is 0.444. The minimum Gasteiger partial charge on any atom is -0.361 e. The molecule has 1 saturated heterocycles. The number of benzene rings is 1. The quantitative estimate of drug-likeness (QED) is 0.858. The molecule has 2 aromatic rings. The van der Waals surface area contributed by atoms with Crippen LogP contribution in [0.15, 0.2) is 39.8 Å². The van der Waals surface area contributed by atoms with Gasteiger partial charge in [-0.15, -0.1) is 0 Å². The molecule has 0 spiro atoms. The Morgan fingerprint density at radius 2 is 1.88 bits per heavy atom. The first-order chi connectivity index (χ1) is 12.4. The molecule has 1 aliphatic heterocycles. The molecule has 0 radical (unpaired) electrons. The number of rotatable bonds is 5. The normalized spacial score (nSPS) is 16.0. The Morgan fingerprint density at radius 3 is 2.46 bits per heavy atom. The van der Waals surface area contributed by atoms with Gasteiger partial charge in [0.05, 0.1) is 17.0 Å². The van der Waals surface area contributed by atoms with Crippen LogP contribution in [0.1, 0.15) is 29.9 Å². The average molecular weight is 377 g/mol. The molecule has 1 aromatic heterocycles. The zero-order valence-electron chi connectivity index (χ0n) is 14.9. The highest BCUT2D eigenvalue weighted by molar-refractivity contribution is 7.89. The first kappa shape index (κ1) is 18.6. The van der Waals surface area contributed by atoms with E-state index in [1.807, 2.05) is 6.92 Å². The van der Waals surface area contributed by atoms with Crippen LogP contribution in [0.2, 0.25) is 0 Å². The van der Waals surface area contributed by atoms with Crippen molar-refractivity contribution in [1.82, 2.24) is 14.8 Å². The topological polar surface area (TPSA) is 92.5 Å². The summed E-state index contributed by atoms with van der Waals surface area (Å²) in [6.07, 6.45) is 1.46. The minimum atomic E-state index is -3.52. The summed E-state index contributed by atoms with van der Waals surface area (Å²) in [6, 6.07) is 8.16. The van der Waals surface area contributed by atoms with Gasteiger partial charge in [0, 0.05) is 24.7 Å². The van der Waals surface area contributed by atoms with E-state index in [2.05, 4.69) is 9.88 Å². The maximum atomic E-state index is 12.5. The van der Waals surface area contributed by atoms with Crippen LogP contribution in [0.3, 0.4) is 0 Å². The van der Waals surface area contributed by atoms with Crippen molar-refractivity contribution in [2.45, 2.75) is 44.0 Å². The maximum Gasteiger partial charge on any atom is 0.240 e. The number of nitrogens with one attached hydrogen (secondary N) is 1. The van der Waals surface area contributed by atoms with E-state index in [9.17, 15) is 13.2 Å². The SMILES string of the molecule is Cc1noc(C)c1CC(=O)N1CCC(NS(=O)(=O)c2ccccc2)CC1. The number of nitrogens with zero attached hydrogens (tertiary/aromatic N) is 2. The van der Waals surface area contributed by atoms with Crippen LogP contribution in [0.4, 0.5) is 0 Å². The summed E-state index contributed by atoms with van der Waals surface area (Å²) in [5.41, 5.74) is 1.57. The fourth-order valence-electron chi connectivity index (χ4n) is 3.15. The van der Waals surface area contributed by atoms with E-state index in [-0.39, 0.29) is 23.3 Å². The van der Waals surface area contributed by atoms with Crippen molar-refractivity contribution in [3.8, 4) is 0 Å². The second kappa shape index (κ2) is 7.59. The third-order valence-electron chi connectivity index (χ3n) is 4.73. The lowest BCUT2D eigenvalue weighted by Crippen LogP contribution is -2.46. The standard InChI is InChI=1S/C18H23N3O4S/c1-13-17(14(2)25-19-13)12-18(22)21-10-8-15(9-11-21)20-26(23,24)16-6-4-3-5-7-16/h3-7,15,20H,8-12H2,1-2H3. The summed E-state index contributed by atoms with van der Waals surface area (Å²) in [5, 5.41) is 3.87. The van der Waals surface area contributed by atoms with Crippen molar-refractivity contribution in [2.75, 3.05) is 13.1 Å². The molecule has 2 heterocycles. The van der Waals surface area contributed by atoms with Crippen LogP contribution in [-0.2, 0) is 21.2 Å². The van der Waals surface area contributed by atoms with Crippen LogP contribution in [0.25, 0.3) is 0 Å². The van der Waals surface area contributed by atoms with Gasteiger partial charge in [0.25, 0.3) is 0 Å². The summed E-state index contributed by atoms with van der Waals surface area (Å²) in [7, 11) is -3.52. The van der Waals surface area contributed by atoms with E-state index >= 15 is 0 Å². The van der Waals surface area contributed by atoms with Crippen molar-refractivity contribution in [2.24, 2.45) is 0 Å². The third kappa shape index (κ3) is 4.13. The molecule has 0 atom stereocenters. The summed E-state index contributed by atoms with van der Waals surface area (Å²) in [6.45, 7) is 4.69. The number of aryl methyl sites for hydroxylation is 2. The molecule has 7 nitrogen and oxygen atoms in total. The number of carbonyl (C=O) groups excluding carboxylic acids is 1. The summed E-state index contributed by atoms with van der Waals surface area (Å²) in [4.78, 5) is 14.5. The van der Waals surface area contributed by atoms with Crippen LogP contribution in [0.5, 0.6) is 0 Å². The lowest BCUT2D eigenvalue weighted by Gasteiger charge is -2.32. The van der Waals surface area contributed by atoms with Gasteiger partial charge >= 0.3 is 0 Å². The van der Waals surface area contributed by atoms with E-state index in [1.54, 1.807) is 42.2 Å². The third-order valence-corrected chi connectivity index (χ3v) is 6.27. The molecule has 26 heavy (non-hydrogen) atoms. The molecule has 1 N–H and O–H groups in total. The molecule has 1 amide bonds. The summed E-state index contributed by atoms with van der Waals surface area (Å²) >= 11 is 0. The highest BCUT2D eigenvalue weighted by Crippen LogP contribution is 2.18. The first-order valence-electron chi connectivity index (χ1n) is 8.64. The Kier molecular flexibility index (Phi) is 5.43. The van der Waals surface area contributed by atoms with Gasteiger partial charge in [-0.05, 0) is 38.8 Å². The van der Waals surface area contributed by atoms with E-state index in [0.29, 0.717) is 31.7 Å². The Bertz CT molecular complexity index is 850. The Labute approximate surface area is 153 Å². The number of piperidine rings is 1. The molecule has 140 valence electrons. The van der Waals surface area contributed by atoms with Gasteiger partial charge in [-0.2, -0.15) is 0 Å². The highest BCUT2D eigenvalue weighted by atomic mass is 32.2. The van der Waals surface area contributed by atoms with Crippen LogP contribution in [0, 0.1) is 13.8 Å². The zero-order valence-corrected chi connectivity index (χ0v) is 15.8. The molecule has 1 fully saturated rings. The van der Waals surface area contributed by atoms with Crippen LogP contribution >= 0.6 is 0 Å². The van der Waals surface area contributed by atoms with E-state index < -0.39 is 10.0 Å². The minimum absolute atomic E-state index is 0.0174. The smallest absolute Gasteiger partial charge is 0.240 e. The molecule has 0 saturated carbocycles. The highest BCUT2D eigenvalue weighted by Gasteiger charge is 2.27. The zero-order chi connectivity index (χ0) is 18.7. The molecule has 0 aliphatic carbocycles. The number of sulfonamides is 1. The second-order valence-corrected chi connectivity index (χ2v) is 8.28. The number of likely N-dealkylation sites (tertiary alicyclic amines) is 1. The molecule has 8 heteroatoms. The van der Waals surface area contributed by atoms with Gasteiger partial charge in [-0.25, -0.2) is 13.1 Å². The van der Waals surface area contributed by atoms with E-state index in [4.69, 9.17) is 4.52 Å². The number of carbonyl (C=O) groups is 1.